The highest BCUT2D eigenvalue weighted by Crippen LogP contribution is 2.26. The van der Waals surface area contributed by atoms with Gasteiger partial charge in [0.15, 0.2) is 5.96 Å². The van der Waals surface area contributed by atoms with Crippen molar-refractivity contribution in [1.82, 2.24) is 15.5 Å². The van der Waals surface area contributed by atoms with E-state index in [-0.39, 0.29) is 36.5 Å². The molecule has 0 bridgehead atoms. The maximum atomic E-state index is 9.20. The Morgan fingerprint density at radius 1 is 1.22 bits per heavy atom. The number of methoxy groups -OCH3 is 1. The molecule has 2 atom stereocenters. The molecule has 1 aliphatic heterocycles. The number of likely N-dealkylation sites (tertiary alicyclic amines) is 1. The summed E-state index contributed by atoms with van der Waals surface area (Å²) in [4.78, 5) is 7.14. The Hall–Kier alpha value is -1.06. The zero-order chi connectivity index (χ0) is 18.8. The number of nitrogens with zero attached hydrogens (tertiary/aromatic N) is 2. The molecular formula is C20H35IN4O2. The van der Waals surface area contributed by atoms with Gasteiger partial charge in [-0.15, -0.1) is 24.0 Å². The maximum Gasteiger partial charge on any atom is 0.191 e. The molecule has 0 radical (unpaired) electrons. The first kappa shape index (κ1) is 24.0. The molecule has 1 aromatic carbocycles. The van der Waals surface area contributed by atoms with E-state index in [1.165, 1.54) is 18.4 Å². The van der Waals surface area contributed by atoms with Crippen molar-refractivity contribution in [2.24, 2.45) is 10.9 Å². The van der Waals surface area contributed by atoms with Gasteiger partial charge in [0, 0.05) is 26.2 Å². The molecule has 1 fully saturated rings. The summed E-state index contributed by atoms with van der Waals surface area (Å²) in [5.74, 6) is 1.86. The second kappa shape index (κ2) is 13.2. The lowest BCUT2D eigenvalue weighted by Crippen LogP contribution is -2.43. The first-order chi connectivity index (χ1) is 12.7. The van der Waals surface area contributed by atoms with Crippen LogP contribution in [0.3, 0.4) is 0 Å². The van der Waals surface area contributed by atoms with E-state index in [9.17, 15) is 5.11 Å². The maximum absolute atomic E-state index is 9.20. The zero-order valence-electron chi connectivity index (χ0n) is 16.8. The van der Waals surface area contributed by atoms with Crippen LogP contribution in [-0.4, -0.2) is 62.4 Å². The molecule has 154 valence electrons. The molecule has 2 unspecified atom stereocenters. The van der Waals surface area contributed by atoms with Gasteiger partial charge in [0.05, 0.1) is 13.2 Å². The van der Waals surface area contributed by atoms with Crippen molar-refractivity contribution >= 4 is 29.9 Å². The molecule has 27 heavy (non-hydrogen) atoms. The summed E-state index contributed by atoms with van der Waals surface area (Å²) in [6.07, 6.45) is 2.52. The third-order valence-electron chi connectivity index (χ3n) is 4.76. The van der Waals surface area contributed by atoms with E-state index >= 15 is 0 Å². The van der Waals surface area contributed by atoms with Crippen molar-refractivity contribution in [3.05, 3.63) is 29.8 Å². The van der Waals surface area contributed by atoms with Crippen LogP contribution in [0.2, 0.25) is 0 Å². The average Bonchev–Trinajstić information content (AvgIpc) is 3.20. The molecule has 1 aromatic rings. The van der Waals surface area contributed by atoms with Crippen molar-refractivity contribution in [2.75, 3.05) is 46.4 Å². The van der Waals surface area contributed by atoms with Gasteiger partial charge in [-0.25, -0.2) is 0 Å². The number of benzene rings is 1. The largest absolute Gasteiger partial charge is 0.497 e. The van der Waals surface area contributed by atoms with Gasteiger partial charge in [0.1, 0.15) is 5.75 Å². The van der Waals surface area contributed by atoms with Crippen LogP contribution in [0.4, 0.5) is 0 Å². The smallest absolute Gasteiger partial charge is 0.191 e. The van der Waals surface area contributed by atoms with Crippen molar-refractivity contribution in [2.45, 2.75) is 32.7 Å². The predicted octanol–water partition coefficient (Wildman–Crippen LogP) is 2.63. The molecular weight excluding hydrogens is 455 g/mol. The summed E-state index contributed by atoms with van der Waals surface area (Å²) in [6, 6.07) is 8.67. The fourth-order valence-electron chi connectivity index (χ4n) is 3.18. The van der Waals surface area contributed by atoms with Crippen LogP contribution >= 0.6 is 24.0 Å². The number of aliphatic hydroxyl groups is 1. The van der Waals surface area contributed by atoms with Gasteiger partial charge in [0.25, 0.3) is 0 Å². The molecule has 0 aromatic heterocycles. The first-order valence-corrected chi connectivity index (χ1v) is 9.69. The molecule has 0 spiro atoms. The van der Waals surface area contributed by atoms with Crippen LogP contribution in [0.25, 0.3) is 0 Å². The zero-order valence-corrected chi connectivity index (χ0v) is 19.1. The number of halogens is 1. The minimum Gasteiger partial charge on any atom is -0.497 e. The van der Waals surface area contributed by atoms with Gasteiger partial charge in [-0.1, -0.05) is 19.1 Å². The summed E-state index contributed by atoms with van der Waals surface area (Å²) < 4.78 is 5.29. The molecule has 0 amide bonds. The van der Waals surface area contributed by atoms with Crippen LogP contribution in [0.5, 0.6) is 5.75 Å². The lowest BCUT2D eigenvalue weighted by Gasteiger charge is -2.29. The lowest BCUT2D eigenvalue weighted by molar-refractivity contribution is 0.240. The molecule has 1 heterocycles. The number of rotatable bonds is 9. The fraction of sp³-hybridized carbons (Fsp3) is 0.650. The van der Waals surface area contributed by atoms with E-state index in [0.29, 0.717) is 12.6 Å². The van der Waals surface area contributed by atoms with Crippen molar-refractivity contribution < 1.29 is 9.84 Å². The van der Waals surface area contributed by atoms with E-state index < -0.39 is 0 Å². The highest BCUT2D eigenvalue weighted by Gasteiger charge is 2.23. The van der Waals surface area contributed by atoms with E-state index in [0.717, 1.165) is 37.9 Å². The predicted molar refractivity (Wildman–Crippen MR) is 122 cm³/mol. The normalized spacial score (nSPS) is 17.1. The molecule has 0 saturated carbocycles. The van der Waals surface area contributed by atoms with E-state index in [1.54, 1.807) is 7.11 Å². The highest BCUT2D eigenvalue weighted by molar-refractivity contribution is 14.0. The van der Waals surface area contributed by atoms with E-state index in [4.69, 9.17) is 4.74 Å². The van der Waals surface area contributed by atoms with Gasteiger partial charge in [-0.05, 0) is 56.5 Å². The van der Waals surface area contributed by atoms with E-state index in [2.05, 4.69) is 39.6 Å². The topological polar surface area (TPSA) is 69.1 Å². The van der Waals surface area contributed by atoms with Crippen molar-refractivity contribution in [1.29, 1.82) is 0 Å². The quantitative estimate of drug-likeness (QED) is 0.282. The second-order valence-corrected chi connectivity index (χ2v) is 6.92. The summed E-state index contributed by atoms with van der Waals surface area (Å²) in [5, 5.41) is 16.0. The Balaban J connectivity index is 0.00000364. The minimum atomic E-state index is 0. The molecule has 6 nitrogen and oxygen atoms in total. The minimum absolute atomic E-state index is 0. The number of nitrogens with one attached hydrogen (secondary N) is 2. The molecule has 3 N–H and O–H groups in total. The van der Waals surface area contributed by atoms with Crippen molar-refractivity contribution in [3.8, 4) is 5.75 Å². The third kappa shape index (κ3) is 7.83. The summed E-state index contributed by atoms with van der Waals surface area (Å²) >= 11 is 0. The van der Waals surface area contributed by atoms with Crippen LogP contribution < -0.4 is 15.4 Å². The van der Waals surface area contributed by atoms with Crippen LogP contribution in [-0.2, 0) is 0 Å². The number of hydrogen-bond acceptors (Lipinski definition) is 4. The Morgan fingerprint density at radius 2 is 1.89 bits per heavy atom. The van der Waals surface area contributed by atoms with Gasteiger partial charge >= 0.3 is 0 Å². The van der Waals surface area contributed by atoms with Crippen molar-refractivity contribution in [3.63, 3.8) is 0 Å². The average molecular weight is 490 g/mol. The van der Waals surface area contributed by atoms with Crippen LogP contribution in [0, 0.1) is 5.92 Å². The summed E-state index contributed by atoms with van der Waals surface area (Å²) in [6.45, 7) is 8.71. The molecule has 1 aliphatic rings. The third-order valence-corrected chi connectivity index (χ3v) is 4.76. The Morgan fingerprint density at radius 3 is 2.44 bits per heavy atom. The summed E-state index contributed by atoms with van der Waals surface area (Å²) in [7, 11) is 1.70. The monoisotopic (exact) mass is 490 g/mol. The number of aliphatic hydroxyl groups excluding tert-OH is 1. The Labute approximate surface area is 180 Å². The number of hydrogen-bond donors (Lipinski definition) is 3. The standard InChI is InChI=1S/C20H34N4O2.HI/c1-4-21-20(22-13-16(2)15-25)23-14-19(24-11-5-6-12-24)17-7-9-18(26-3)10-8-17;/h7-10,16,19,25H,4-6,11-15H2,1-3H3,(H2,21,22,23);1H. The second-order valence-electron chi connectivity index (χ2n) is 6.92. The molecule has 2 rings (SSSR count). The van der Waals surface area contributed by atoms with E-state index in [1.807, 2.05) is 19.1 Å². The van der Waals surface area contributed by atoms with Gasteiger partial charge in [-0.2, -0.15) is 0 Å². The van der Waals surface area contributed by atoms with Crippen LogP contribution in [0.1, 0.15) is 38.3 Å². The lowest BCUT2D eigenvalue weighted by atomic mass is 10.1. The number of aliphatic imine (C=N–C) groups is 1. The van der Waals surface area contributed by atoms with Crippen LogP contribution in [0.15, 0.2) is 29.3 Å². The summed E-state index contributed by atoms with van der Waals surface area (Å²) in [5.41, 5.74) is 1.29. The first-order valence-electron chi connectivity index (χ1n) is 9.69. The molecule has 0 aliphatic carbocycles. The van der Waals surface area contributed by atoms with Gasteiger partial charge < -0.3 is 20.5 Å². The van der Waals surface area contributed by atoms with Gasteiger partial charge in [-0.3, -0.25) is 9.89 Å². The fourth-order valence-corrected chi connectivity index (χ4v) is 3.18. The Bertz CT molecular complexity index is 547. The molecule has 1 saturated heterocycles. The number of ether oxygens (including phenoxy) is 1. The SMILES string of the molecule is CCNC(=NCC(C)CO)NCC(c1ccc(OC)cc1)N1CCCC1.I. The highest BCUT2D eigenvalue weighted by atomic mass is 127. The Kier molecular flexibility index (Phi) is 11.7. The molecule has 7 heteroatoms. The number of guanidine groups is 1. The van der Waals surface area contributed by atoms with Gasteiger partial charge in [0.2, 0.25) is 0 Å².